The molecular weight excluding hydrogens is 406 g/mol. The summed E-state index contributed by atoms with van der Waals surface area (Å²) < 4.78 is 0. The summed E-state index contributed by atoms with van der Waals surface area (Å²) >= 11 is 0. The third-order valence-electron chi connectivity index (χ3n) is 6.02. The monoisotopic (exact) mass is 443 g/mol. The summed E-state index contributed by atoms with van der Waals surface area (Å²) in [4.78, 5) is 21.0. The van der Waals surface area contributed by atoms with Crippen LogP contribution in [-0.2, 0) is 17.6 Å². The van der Waals surface area contributed by atoms with Gasteiger partial charge in [0.05, 0.1) is 11.4 Å². The highest BCUT2D eigenvalue weighted by Crippen LogP contribution is 2.18. The zero-order valence-electron chi connectivity index (χ0n) is 20.1. The van der Waals surface area contributed by atoms with Gasteiger partial charge in [-0.1, -0.05) is 51.2 Å². The average Bonchev–Trinajstić information content (AvgIpc) is 2.83. The molecule has 2 heterocycles. The van der Waals surface area contributed by atoms with Gasteiger partial charge in [-0.25, -0.2) is 0 Å². The molecule has 0 aliphatic heterocycles. The maximum atomic E-state index is 12.1. The number of nitrogens with zero attached hydrogens (tertiary/aromatic N) is 2. The summed E-state index contributed by atoms with van der Waals surface area (Å²) in [6.45, 7) is 4.21. The van der Waals surface area contributed by atoms with E-state index in [1.807, 2.05) is 30.6 Å². The van der Waals surface area contributed by atoms with Crippen molar-refractivity contribution in [2.75, 3.05) is 5.32 Å². The molecule has 3 aromatic rings. The smallest absolute Gasteiger partial charge is 0.224 e. The highest BCUT2D eigenvalue weighted by Gasteiger charge is 2.04. The highest BCUT2D eigenvalue weighted by molar-refractivity contribution is 5.90. The van der Waals surface area contributed by atoms with Gasteiger partial charge in [0.15, 0.2) is 0 Å². The summed E-state index contributed by atoms with van der Waals surface area (Å²) in [6.07, 6.45) is 14.7. The van der Waals surface area contributed by atoms with Crippen molar-refractivity contribution in [1.29, 1.82) is 0 Å². The van der Waals surface area contributed by atoms with Crippen LogP contribution in [0.15, 0.2) is 60.9 Å². The number of hydrogen-bond donors (Lipinski definition) is 1. The van der Waals surface area contributed by atoms with Crippen molar-refractivity contribution in [1.82, 2.24) is 9.97 Å². The molecule has 4 heteroatoms. The van der Waals surface area contributed by atoms with E-state index in [2.05, 4.69) is 59.5 Å². The summed E-state index contributed by atoms with van der Waals surface area (Å²) in [5.74, 6) is 0.122. The Hall–Kier alpha value is -3.01. The van der Waals surface area contributed by atoms with Crippen molar-refractivity contribution in [2.45, 2.75) is 78.1 Å². The minimum absolute atomic E-state index is 0.122. The number of carbonyl (C=O) groups is 1. The molecule has 2 aromatic heterocycles. The molecule has 1 amide bonds. The molecular formula is C29H37N3O. The summed E-state index contributed by atoms with van der Waals surface area (Å²) in [5, 5.41) is 3.00. The van der Waals surface area contributed by atoms with Gasteiger partial charge in [-0.15, -0.1) is 0 Å². The molecule has 0 aliphatic rings. The number of hydrogen-bond acceptors (Lipinski definition) is 3. The SMILES string of the molecule is CCc1ccc(NC(=O)CCCCCCCCCc2ccnc(-c3cc(C)ccn3)c2)cc1. The predicted molar refractivity (Wildman–Crippen MR) is 137 cm³/mol. The van der Waals surface area contributed by atoms with Crippen LogP contribution >= 0.6 is 0 Å². The number of nitrogens with one attached hydrogen (secondary N) is 1. The van der Waals surface area contributed by atoms with Crippen LogP contribution in [0.2, 0.25) is 0 Å². The molecule has 0 bridgehead atoms. The number of anilines is 1. The van der Waals surface area contributed by atoms with E-state index in [4.69, 9.17) is 0 Å². The Kier molecular flexibility index (Phi) is 10.1. The molecule has 0 saturated heterocycles. The van der Waals surface area contributed by atoms with Crippen molar-refractivity contribution in [3.05, 3.63) is 77.6 Å². The van der Waals surface area contributed by atoms with Crippen LogP contribution in [0.1, 0.15) is 75.0 Å². The Bertz CT molecular complexity index is 998. The van der Waals surface area contributed by atoms with E-state index in [0.717, 1.165) is 42.8 Å². The maximum absolute atomic E-state index is 12.1. The molecule has 1 aromatic carbocycles. The van der Waals surface area contributed by atoms with Gasteiger partial charge in [0.1, 0.15) is 0 Å². The fourth-order valence-electron chi connectivity index (χ4n) is 3.99. The number of pyridine rings is 2. The molecule has 174 valence electrons. The lowest BCUT2D eigenvalue weighted by Crippen LogP contribution is -2.10. The fraction of sp³-hybridized carbons (Fsp3) is 0.414. The lowest BCUT2D eigenvalue weighted by Gasteiger charge is -2.07. The van der Waals surface area contributed by atoms with Gasteiger partial charge in [-0.2, -0.15) is 0 Å². The molecule has 0 radical (unpaired) electrons. The van der Waals surface area contributed by atoms with Crippen molar-refractivity contribution < 1.29 is 4.79 Å². The number of carbonyl (C=O) groups excluding carboxylic acids is 1. The van der Waals surface area contributed by atoms with Gasteiger partial charge in [-0.05, 0) is 85.7 Å². The van der Waals surface area contributed by atoms with E-state index >= 15 is 0 Å². The number of unbranched alkanes of at least 4 members (excludes halogenated alkanes) is 6. The standard InChI is InChI=1S/C29H37N3O/c1-3-24-13-15-26(16-14-24)32-29(33)12-10-8-6-4-5-7-9-11-25-18-20-31-28(22-25)27-21-23(2)17-19-30-27/h13-22H,3-12H2,1-2H3,(H,32,33). The number of amides is 1. The minimum atomic E-state index is 0.122. The Morgan fingerprint density at radius 1 is 0.758 bits per heavy atom. The topological polar surface area (TPSA) is 54.9 Å². The summed E-state index contributed by atoms with van der Waals surface area (Å²) in [5.41, 5.74) is 6.62. The zero-order valence-corrected chi connectivity index (χ0v) is 20.1. The van der Waals surface area contributed by atoms with Crippen LogP contribution in [0.25, 0.3) is 11.4 Å². The van der Waals surface area contributed by atoms with Gasteiger partial charge in [0, 0.05) is 24.5 Å². The molecule has 0 saturated carbocycles. The van der Waals surface area contributed by atoms with E-state index in [0.29, 0.717) is 6.42 Å². The van der Waals surface area contributed by atoms with Crippen LogP contribution < -0.4 is 5.32 Å². The van der Waals surface area contributed by atoms with Gasteiger partial charge in [0.2, 0.25) is 5.91 Å². The van der Waals surface area contributed by atoms with Gasteiger partial charge in [0.25, 0.3) is 0 Å². The largest absolute Gasteiger partial charge is 0.326 e. The molecule has 0 fully saturated rings. The van der Waals surface area contributed by atoms with E-state index in [1.165, 1.54) is 48.8 Å². The first-order valence-electron chi connectivity index (χ1n) is 12.4. The second kappa shape index (κ2) is 13.5. The van der Waals surface area contributed by atoms with Gasteiger partial charge in [-0.3, -0.25) is 14.8 Å². The number of aromatic nitrogens is 2. The lowest BCUT2D eigenvalue weighted by molar-refractivity contribution is -0.116. The molecule has 1 N–H and O–H groups in total. The van der Waals surface area contributed by atoms with Crippen LogP contribution in [-0.4, -0.2) is 15.9 Å². The van der Waals surface area contributed by atoms with Crippen molar-refractivity contribution in [3.8, 4) is 11.4 Å². The van der Waals surface area contributed by atoms with Crippen molar-refractivity contribution >= 4 is 11.6 Å². The number of rotatable bonds is 13. The second-order valence-electron chi connectivity index (χ2n) is 8.84. The van der Waals surface area contributed by atoms with E-state index in [9.17, 15) is 4.79 Å². The minimum Gasteiger partial charge on any atom is -0.326 e. The summed E-state index contributed by atoms with van der Waals surface area (Å²) in [7, 11) is 0. The average molecular weight is 444 g/mol. The lowest BCUT2D eigenvalue weighted by atomic mass is 10.0. The molecule has 4 nitrogen and oxygen atoms in total. The van der Waals surface area contributed by atoms with Gasteiger partial charge >= 0.3 is 0 Å². The van der Waals surface area contributed by atoms with Crippen molar-refractivity contribution in [3.63, 3.8) is 0 Å². The van der Waals surface area contributed by atoms with Crippen LogP contribution in [0.4, 0.5) is 5.69 Å². The molecule has 33 heavy (non-hydrogen) atoms. The Labute approximate surface area is 198 Å². The Balaban J connectivity index is 1.23. The molecule has 3 rings (SSSR count). The maximum Gasteiger partial charge on any atom is 0.224 e. The molecule has 0 spiro atoms. The van der Waals surface area contributed by atoms with E-state index in [1.54, 1.807) is 0 Å². The molecule has 0 unspecified atom stereocenters. The van der Waals surface area contributed by atoms with Crippen LogP contribution in [0, 0.1) is 6.92 Å². The van der Waals surface area contributed by atoms with Crippen LogP contribution in [0.3, 0.4) is 0 Å². The Morgan fingerprint density at radius 3 is 2.09 bits per heavy atom. The number of aryl methyl sites for hydroxylation is 3. The van der Waals surface area contributed by atoms with Crippen molar-refractivity contribution in [2.24, 2.45) is 0 Å². The van der Waals surface area contributed by atoms with Crippen LogP contribution in [0.5, 0.6) is 0 Å². The predicted octanol–water partition coefficient (Wildman–Crippen LogP) is 7.32. The number of benzene rings is 1. The van der Waals surface area contributed by atoms with E-state index < -0.39 is 0 Å². The third-order valence-corrected chi connectivity index (χ3v) is 6.02. The third kappa shape index (κ3) is 8.80. The second-order valence-corrected chi connectivity index (χ2v) is 8.84. The summed E-state index contributed by atoms with van der Waals surface area (Å²) in [6, 6.07) is 16.5. The van der Waals surface area contributed by atoms with E-state index in [-0.39, 0.29) is 5.91 Å². The molecule has 0 atom stereocenters. The van der Waals surface area contributed by atoms with Gasteiger partial charge < -0.3 is 5.32 Å². The quantitative estimate of drug-likeness (QED) is 0.282. The fourth-order valence-corrected chi connectivity index (χ4v) is 3.99. The molecule has 0 aliphatic carbocycles. The first kappa shape index (κ1) is 24.6. The first-order valence-corrected chi connectivity index (χ1v) is 12.4. The Morgan fingerprint density at radius 2 is 1.39 bits per heavy atom. The zero-order chi connectivity index (χ0) is 23.3. The first-order chi connectivity index (χ1) is 16.1. The highest BCUT2D eigenvalue weighted by atomic mass is 16.1. The normalized spacial score (nSPS) is 10.8.